The van der Waals surface area contributed by atoms with E-state index in [9.17, 15) is 4.79 Å². The van der Waals surface area contributed by atoms with Crippen LogP contribution in [-0.4, -0.2) is 16.1 Å². The number of nitrogens with zero attached hydrogens (tertiary/aromatic N) is 1. The van der Waals surface area contributed by atoms with Gasteiger partial charge in [0.15, 0.2) is 4.34 Å². The first-order valence-corrected chi connectivity index (χ1v) is 8.24. The van der Waals surface area contributed by atoms with E-state index in [0.717, 1.165) is 20.3 Å². The molecule has 0 bridgehead atoms. The molecular weight excluding hydrogens is 304 g/mol. The summed E-state index contributed by atoms with van der Waals surface area (Å²) in [4.78, 5) is 16.6. The Morgan fingerprint density at radius 2 is 2.24 bits per heavy atom. The van der Waals surface area contributed by atoms with Gasteiger partial charge in [-0.05, 0) is 31.2 Å². The fraction of sp³-hybridized carbons (Fsp3) is 0.200. The Hall–Kier alpha value is -1.79. The van der Waals surface area contributed by atoms with Gasteiger partial charge in [0, 0.05) is 0 Å². The largest absolute Gasteiger partial charge is 0.467 e. The molecule has 0 saturated carbocycles. The van der Waals surface area contributed by atoms with Gasteiger partial charge in [-0.3, -0.25) is 4.79 Å². The molecule has 2 aromatic heterocycles. The van der Waals surface area contributed by atoms with E-state index in [-0.39, 0.29) is 11.2 Å². The minimum absolute atomic E-state index is 0.0179. The van der Waals surface area contributed by atoms with Crippen LogP contribution in [0.1, 0.15) is 12.7 Å². The molecule has 1 amide bonds. The standard InChI is InChI=1S/C15H14N2O2S2/c1-10(14(18)16-9-11-5-4-8-19-11)20-15-17-12-6-2-3-7-13(12)21-15/h2-8,10H,9H2,1H3,(H,16,18). The number of aromatic nitrogens is 1. The predicted molar refractivity (Wildman–Crippen MR) is 85.5 cm³/mol. The van der Waals surface area contributed by atoms with Crippen LogP contribution < -0.4 is 5.32 Å². The molecule has 6 heteroatoms. The summed E-state index contributed by atoms with van der Waals surface area (Å²) in [6, 6.07) is 11.6. The number of rotatable bonds is 5. The van der Waals surface area contributed by atoms with E-state index in [1.54, 1.807) is 23.7 Å². The molecule has 0 radical (unpaired) electrons. The Kier molecular flexibility index (Phi) is 4.26. The number of fused-ring (bicyclic) bond motifs is 1. The molecular formula is C15H14N2O2S2. The monoisotopic (exact) mass is 318 g/mol. The van der Waals surface area contributed by atoms with Crippen LogP contribution in [0.25, 0.3) is 10.2 Å². The van der Waals surface area contributed by atoms with Crippen LogP contribution >= 0.6 is 23.1 Å². The molecule has 1 N–H and O–H groups in total. The van der Waals surface area contributed by atoms with Crippen molar-refractivity contribution in [2.75, 3.05) is 0 Å². The number of carbonyl (C=O) groups is 1. The molecule has 108 valence electrons. The van der Waals surface area contributed by atoms with Crippen molar-refractivity contribution in [1.29, 1.82) is 0 Å². The van der Waals surface area contributed by atoms with Crippen molar-refractivity contribution in [3.05, 3.63) is 48.4 Å². The highest BCUT2D eigenvalue weighted by Gasteiger charge is 2.16. The lowest BCUT2D eigenvalue weighted by Gasteiger charge is -2.09. The second-order valence-electron chi connectivity index (χ2n) is 4.50. The molecule has 2 heterocycles. The number of para-hydroxylation sites is 1. The van der Waals surface area contributed by atoms with Gasteiger partial charge in [-0.2, -0.15) is 0 Å². The summed E-state index contributed by atoms with van der Waals surface area (Å²) in [5.41, 5.74) is 0.980. The molecule has 1 aromatic carbocycles. The van der Waals surface area contributed by atoms with E-state index in [2.05, 4.69) is 10.3 Å². The maximum Gasteiger partial charge on any atom is 0.233 e. The number of furan rings is 1. The summed E-state index contributed by atoms with van der Waals surface area (Å²) in [7, 11) is 0. The van der Waals surface area contributed by atoms with Gasteiger partial charge in [0.2, 0.25) is 5.91 Å². The lowest BCUT2D eigenvalue weighted by atomic mass is 10.3. The second-order valence-corrected chi connectivity index (χ2v) is 7.12. The topological polar surface area (TPSA) is 55.1 Å². The smallest absolute Gasteiger partial charge is 0.233 e. The summed E-state index contributed by atoms with van der Waals surface area (Å²) >= 11 is 3.09. The fourth-order valence-corrected chi connectivity index (χ4v) is 4.07. The normalized spacial score (nSPS) is 12.4. The minimum atomic E-state index is -0.194. The molecule has 21 heavy (non-hydrogen) atoms. The van der Waals surface area contributed by atoms with E-state index in [1.807, 2.05) is 37.3 Å². The summed E-state index contributed by atoms with van der Waals surface area (Å²) in [5, 5.41) is 2.67. The van der Waals surface area contributed by atoms with Crippen LogP contribution in [-0.2, 0) is 11.3 Å². The van der Waals surface area contributed by atoms with Crippen molar-refractivity contribution in [1.82, 2.24) is 10.3 Å². The first-order chi connectivity index (χ1) is 10.2. The predicted octanol–water partition coefficient (Wildman–Crippen LogP) is 3.69. The second kappa shape index (κ2) is 6.32. The Labute approximate surface area is 130 Å². The highest BCUT2D eigenvalue weighted by Crippen LogP contribution is 2.31. The van der Waals surface area contributed by atoms with E-state index in [0.29, 0.717) is 6.54 Å². The Morgan fingerprint density at radius 3 is 3.00 bits per heavy atom. The van der Waals surface area contributed by atoms with Gasteiger partial charge >= 0.3 is 0 Å². The highest BCUT2D eigenvalue weighted by atomic mass is 32.2. The van der Waals surface area contributed by atoms with Gasteiger partial charge in [-0.1, -0.05) is 23.9 Å². The number of hydrogen-bond donors (Lipinski definition) is 1. The van der Waals surface area contributed by atoms with Crippen molar-refractivity contribution in [3.63, 3.8) is 0 Å². The van der Waals surface area contributed by atoms with Crippen LogP contribution in [0.5, 0.6) is 0 Å². The zero-order valence-corrected chi connectivity index (χ0v) is 13.0. The summed E-state index contributed by atoms with van der Waals surface area (Å²) in [5.74, 6) is 0.733. The number of nitrogens with one attached hydrogen (secondary N) is 1. The maximum atomic E-state index is 12.1. The summed E-state index contributed by atoms with van der Waals surface area (Å²) in [6.45, 7) is 2.30. The van der Waals surface area contributed by atoms with Crippen molar-refractivity contribution in [2.45, 2.75) is 23.1 Å². The van der Waals surface area contributed by atoms with E-state index < -0.39 is 0 Å². The molecule has 0 aliphatic carbocycles. The first-order valence-electron chi connectivity index (χ1n) is 6.55. The van der Waals surface area contributed by atoms with E-state index in [1.165, 1.54) is 11.8 Å². The van der Waals surface area contributed by atoms with Gasteiger partial charge in [0.05, 0.1) is 28.3 Å². The first kappa shape index (κ1) is 14.2. The number of amides is 1. The molecule has 0 aliphatic heterocycles. The van der Waals surface area contributed by atoms with Crippen LogP contribution in [0.2, 0.25) is 0 Å². The fourth-order valence-electron chi connectivity index (χ4n) is 1.84. The molecule has 0 spiro atoms. The lowest BCUT2D eigenvalue weighted by molar-refractivity contribution is -0.120. The molecule has 0 saturated heterocycles. The SMILES string of the molecule is CC(Sc1nc2ccccc2s1)C(=O)NCc1ccco1. The molecule has 1 unspecified atom stereocenters. The maximum absolute atomic E-state index is 12.1. The van der Waals surface area contributed by atoms with E-state index in [4.69, 9.17) is 4.42 Å². The van der Waals surface area contributed by atoms with Crippen LogP contribution in [0.3, 0.4) is 0 Å². The third kappa shape index (κ3) is 3.46. The zero-order valence-electron chi connectivity index (χ0n) is 11.4. The highest BCUT2D eigenvalue weighted by molar-refractivity contribution is 8.02. The third-order valence-corrected chi connectivity index (χ3v) is 5.17. The number of hydrogen-bond acceptors (Lipinski definition) is 5. The lowest BCUT2D eigenvalue weighted by Crippen LogP contribution is -2.30. The van der Waals surface area contributed by atoms with Gasteiger partial charge in [0.1, 0.15) is 5.76 Å². The van der Waals surface area contributed by atoms with Crippen LogP contribution in [0.4, 0.5) is 0 Å². The van der Waals surface area contributed by atoms with E-state index >= 15 is 0 Å². The zero-order chi connectivity index (χ0) is 14.7. The Morgan fingerprint density at radius 1 is 1.38 bits per heavy atom. The molecule has 0 aliphatic rings. The number of thiazole rings is 1. The molecule has 4 nitrogen and oxygen atoms in total. The van der Waals surface area contributed by atoms with Gasteiger partial charge < -0.3 is 9.73 Å². The Bertz CT molecular complexity index is 704. The number of thioether (sulfide) groups is 1. The third-order valence-electron chi connectivity index (χ3n) is 2.94. The molecule has 0 fully saturated rings. The summed E-state index contributed by atoms with van der Waals surface area (Å²) < 4.78 is 7.25. The van der Waals surface area contributed by atoms with Crippen molar-refractivity contribution in [2.24, 2.45) is 0 Å². The molecule has 3 rings (SSSR count). The van der Waals surface area contributed by atoms with Crippen molar-refractivity contribution in [3.8, 4) is 0 Å². The summed E-state index contributed by atoms with van der Waals surface area (Å²) in [6.07, 6.45) is 1.60. The van der Waals surface area contributed by atoms with Crippen LogP contribution in [0.15, 0.2) is 51.4 Å². The quantitative estimate of drug-likeness (QED) is 0.729. The Balaban J connectivity index is 1.59. The number of carbonyl (C=O) groups excluding carboxylic acids is 1. The van der Waals surface area contributed by atoms with Gasteiger partial charge in [-0.15, -0.1) is 11.3 Å². The van der Waals surface area contributed by atoms with Crippen molar-refractivity contribution >= 4 is 39.2 Å². The van der Waals surface area contributed by atoms with Gasteiger partial charge in [-0.25, -0.2) is 4.98 Å². The molecule has 1 atom stereocenters. The number of benzene rings is 1. The van der Waals surface area contributed by atoms with Crippen LogP contribution in [0, 0.1) is 0 Å². The average Bonchev–Trinajstić information content (AvgIpc) is 3.13. The molecule has 3 aromatic rings. The van der Waals surface area contributed by atoms with Crippen molar-refractivity contribution < 1.29 is 9.21 Å². The van der Waals surface area contributed by atoms with Gasteiger partial charge in [0.25, 0.3) is 0 Å². The minimum Gasteiger partial charge on any atom is -0.467 e. The average molecular weight is 318 g/mol.